The Labute approximate surface area is 206 Å². The number of ether oxygens (including phenoxy) is 1. The number of aliphatic hydroxyl groups is 1. The van der Waals surface area contributed by atoms with E-state index in [4.69, 9.17) is 4.74 Å². The predicted octanol–water partition coefficient (Wildman–Crippen LogP) is 4.69. The first-order chi connectivity index (χ1) is 16.1. The van der Waals surface area contributed by atoms with Gasteiger partial charge in [-0.15, -0.1) is 0 Å². The Morgan fingerprint density at radius 3 is 2.32 bits per heavy atom. The van der Waals surface area contributed by atoms with Gasteiger partial charge in [-0.3, -0.25) is 9.59 Å². The second-order valence-electron chi connectivity index (χ2n) is 11.0. The smallest absolute Gasteiger partial charge is 0.311 e. The maximum atomic E-state index is 12.8. The van der Waals surface area contributed by atoms with Crippen LogP contribution in [0, 0.1) is 11.3 Å². The molecule has 2 N–H and O–H groups in total. The van der Waals surface area contributed by atoms with Crippen molar-refractivity contribution in [2.24, 2.45) is 11.3 Å². The number of nitrogens with zero attached hydrogens (tertiary/aromatic N) is 1. The van der Waals surface area contributed by atoms with Gasteiger partial charge in [0.15, 0.2) is 0 Å². The van der Waals surface area contributed by atoms with Crippen molar-refractivity contribution in [3.8, 4) is 5.75 Å². The molecule has 0 saturated heterocycles. The highest BCUT2D eigenvalue weighted by Crippen LogP contribution is 2.44. The Kier molecular flexibility index (Phi) is 11.0. The molecule has 2 atom stereocenters. The van der Waals surface area contributed by atoms with Gasteiger partial charge in [0, 0.05) is 18.9 Å². The summed E-state index contributed by atoms with van der Waals surface area (Å²) < 4.78 is 5.77. The van der Waals surface area contributed by atoms with Gasteiger partial charge in [-0.25, -0.2) is 0 Å². The van der Waals surface area contributed by atoms with Crippen LogP contribution in [0.4, 0.5) is 0 Å². The highest BCUT2D eigenvalue weighted by atomic mass is 16.5. The van der Waals surface area contributed by atoms with E-state index in [1.54, 1.807) is 0 Å². The first-order valence-corrected chi connectivity index (χ1v) is 12.9. The van der Waals surface area contributed by atoms with Gasteiger partial charge < -0.3 is 20.1 Å². The van der Waals surface area contributed by atoms with Crippen LogP contribution in [0.15, 0.2) is 24.3 Å². The molecule has 6 nitrogen and oxygen atoms in total. The number of esters is 1. The number of benzene rings is 1. The summed E-state index contributed by atoms with van der Waals surface area (Å²) in [6, 6.07) is 7.73. The summed E-state index contributed by atoms with van der Waals surface area (Å²) in [6.45, 7) is 4.38. The normalized spacial score (nSPS) is 24.0. The van der Waals surface area contributed by atoms with E-state index in [1.165, 1.54) is 19.8 Å². The van der Waals surface area contributed by atoms with Crippen LogP contribution in [0.25, 0.3) is 0 Å². The average molecular weight is 475 g/mol. The minimum atomic E-state index is -0.253. The summed E-state index contributed by atoms with van der Waals surface area (Å²) >= 11 is 0. The van der Waals surface area contributed by atoms with Crippen LogP contribution in [-0.2, 0) is 15.0 Å². The van der Waals surface area contributed by atoms with E-state index >= 15 is 0 Å². The molecule has 2 fully saturated rings. The molecule has 192 valence electrons. The Morgan fingerprint density at radius 1 is 1.09 bits per heavy atom. The number of amides is 1. The minimum absolute atomic E-state index is 0.0584. The number of hydrogen-bond acceptors (Lipinski definition) is 5. The van der Waals surface area contributed by atoms with E-state index < -0.39 is 0 Å². The molecule has 0 radical (unpaired) electrons. The maximum absolute atomic E-state index is 12.8. The Hall–Kier alpha value is -1.92. The zero-order valence-electron chi connectivity index (χ0n) is 22.0. The molecule has 2 unspecified atom stereocenters. The molecule has 6 heteroatoms. The van der Waals surface area contributed by atoms with Crippen molar-refractivity contribution >= 4 is 11.9 Å². The van der Waals surface area contributed by atoms with Crippen LogP contribution >= 0.6 is 0 Å². The van der Waals surface area contributed by atoms with Gasteiger partial charge in [0.2, 0.25) is 5.91 Å². The fourth-order valence-corrected chi connectivity index (χ4v) is 5.54. The zero-order chi connectivity index (χ0) is 25.2. The number of aliphatic hydroxyl groups excluding tert-OH is 1. The van der Waals surface area contributed by atoms with Crippen molar-refractivity contribution in [2.45, 2.75) is 83.5 Å². The molecule has 0 spiro atoms. The van der Waals surface area contributed by atoms with Crippen LogP contribution in [0.3, 0.4) is 0 Å². The lowest BCUT2D eigenvalue weighted by molar-refractivity contribution is -0.138. The van der Waals surface area contributed by atoms with Gasteiger partial charge in [-0.1, -0.05) is 51.2 Å². The van der Waals surface area contributed by atoms with Gasteiger partial charge >= 0.3 is 5.97 Å². The zero-order valence-corrected chi connectivity index (χ0v) is 22.0. The molecule has 3 rings (SSSR count). The number of carbonyl (C=O) groups is 2. The summed E-state index contributed by atoms with van der Waals surface area (Å²) in [6.07, 6.45) is 9.92. The maximum Gasteiger partial charge on any atom is 0.311 e. The minimum Gasteiger partial charge on any atom is -0.427 e. The fourth-order valence-electron chi connectivity index (χ4n) is 5.54. The lowest BCUT2D eigenvalue weighted by atomic mass is 9.63. The van der Waals surface area contributed by atoms with Gasteiger partial charge in [-0.05, 0) is 75.9 Å². The lowest BCUT2D eigenvalue weighted by Crippen LogP contribution is -2.40. The number of nitrogens with one attached hydrogen (secondary N) is 1. The molecular formula is C28H46N2O4. The van der Waals surface area contributed by atoms with Crippen LogP contribution in [0.5, 0.6) is 5.75 Å². The van der Waals surface area contributed by atoms with E-state index in [9.17, 15) is 14.7 Å². The second kappa shape index (κ2) is 13.2. The monoisotopic (exact) mass is 474 g/mol. The summed E-state index contributed by atoms with van der Waals surface area (Å²) in [5.41, 5.74) is 0.604. The van der Waals surface area contributed by atoms with E-state index in [0.29, 0.717) is 24.6 Å². The van der Waals surface area contributed by atoms with Gasteiger partial charge in [-0.2, -0.15) is 0 Å². The first kappa shape index (κ1) is 28.3. The van der Waals surface area contributed by atoms with E-state index in [0.717, 1.165) is 50.5 Å². The van der Waals surface area contributed by atoms with Crippen LogP contribution in [0.1, 0.15) is 83.6 Å². The molecule has 0 aromatic heterocycles. The molecule has 1 amide bonds. The Bertz CT molecular complexity index is 786. The van der Waals surface area contributed by atoms with Crippen LogP contribution < -0.4 is 10.1 Å². The Morgan fingerprint density at radius 2 is 1.74 bits per heavy atom. The third-order valence-corrected chi connectivity index (χ3v) is 7.52. The van der Waals surface area contributed by atoms with E-state index in [-0.39, 0.29) is 29.3 Å². The highest BCUT2D eigenvalue weighted by Gasteiger charge is 2.40. The number of hydrogen-bond donors (Lipinski definition) is 2. The molecule has 2 aliphatic carbocycles. The van der Waals surface area contributed by atoms with Crippen molar-refractivity contribution in [3.63, 3.8) is 0 Å². The second-order valence-corrected chi connectivity index (χ2v) is 11.0. The van der Waals surface area contributed by atoms with Crippen molar-refractivity contribution < 1.29 is 19.4 Å². The molecule has 0 bridgehead atoms. The fraction of sp³-hybridized carbons (Fsp3) is 0.714. The summed E-state index contributed by atoms with van der Waals surface area (Å²) in [4.78, 5) is 26.3. The third-order valence-electron chi connectivity index (χ3n) is 7.52. The molecular weight excluding hydrogens is 428 g/mol. The molecule has 1 aromatic rings. The van der Waals surface area contributed by atoms with Gasteiger partial charge in [0.25, 0.3) is 0 Å². The molecule has 0 aliphatic heterocycles. The molecule has 34 heavy (non-hydrogen) atoms. The third kappa shape index (κ3) is 8.09. The van der Waals surface area contributed by atoms with Gasteiger partial charge in [0.05, 0.1) is 13.0 Å². The van der Waals surface area contributed by atoms with Crippen molar-refractivity contribution in [3.05, 3.63) is 29.8 Å². The van der Waals surface area contributed by atoms with Gasteiger partial charge in [0.1, 0.15) is 5.75 Å². The molecule has 0 heterocycles. The number of rotatable bonds is 7. The largest absolute Gasteiger partial charge is 0.427 e. The van der Waals surface area contributed by atoms with Crippen LogP contribution in [-0.4, -0.2) is 56.2 Å². The van der Waals surface area contributed by atoms with E-state index in [1.807, 2.05) is 44.2 Å². The van der Waals surface area contributed by atoms with Crippen molar-refractivity contribution in [1.82, 2.24) is 10.2 Å². The van der Waals surface area contributed by atoms with Crippen LogP contribution in [0.2, 0.25) is 0 Å². The lowest BCUT2D eigenvalue weighted by Gasteiger charge is -2.42. The van der Waals surface area contributed by atoms with Crippen molar-refractivity contribution in [2.75, 3.05) is 34.3 Å². The summed E-state index contributed by atoms with van der Waals surface area (Å²) in [5.74, 6) is 0.644. The standard InChI is InChI=1S/C25H37NO4.C3H9N/c1-19-9-4-7-14-25(19,18-27)21-10-8-11-22(15-21)30-23(29)16-24(17-26-20(2)28)12-5-3-6-13-24;1-4(2)3/h8,10-11,15,19,27H,3-7,9,12-14,16-18H2,1-2H3,(H,26,28);1-3H3. The molecule has 2 aliphatic rings. The summed E-state index contributed by atoms with van der Waals surface area (Å²) in [5, 5.41) is 13.2. The average Bonchev–Trinajstić information content (AvgIpc) is 2.79. The number of carbonyl (C=O) groups excluding carboxylic acids is 2. The SMILES string of the molecule is CC(=O)NCC1(CC(=O)Oc2cccc(C3(CO)CCCCC3C)c2)CCCCC1.CN(C)C. The molecule has 1 aromatic carbocycles. The van der Waals surface area contributed by atoms with Crippen molar-refractivity contribution in [1.29, 1.82) is 0 Å². The Balaban J connectivity index is 0.000000945. The first-order valence-electron chi connectivity index (χ1n) is 12.9. The quantitative estimate of drug-likeness (QED) is 0.443. The highest BCUT2D eigenvalue weighted by molar-refractivity contribution is 5.74. The van der Waals surface area contributed by atoms with E-state index in [2.05, 4.69) is 18.3 Å². The molecule has 2 saturated carbocycles. The summed E-state index contributed by atoms with van der Waals surface area (Å²) in [7, 11) is 6.00. The predicted molar refractivity (Wildman–Crippen MR) is 137 cm³/mol. The topological polar surface area (TPSA) is 78.9 Å².